The molecule has 0 aromatic rings. The Kier molecular flexibility index (Phi) is 48.4. The van der Waals surface area contributed by atoms with Gasteiger partial charge in [-0.25, -0.2) is 4.79 Å². The van der Waals surface area contributed by atoms with Crippen LogP contribution < -0.4 is 0 Å². The first-order valence-corrected chi connectivity index (χ1v) is 30.6. The van der Waals surface area contributed by atoms with E-state index in [4.69, 9.17) is 23.7 Å². The number of hydrogen-bond donors (Lipinski definition) is 3. The molecule has 6 atom stereocenters. The molecule has 3 N–H and O–H groups in total. The molecule has 6 unspecified atom stereocenters. The molecule has 0 bridgehead atoms. The third kappa shape index (κ3) is 42.5. The van der Waals surface area contributed by atoms with Gasteiger partial charge in [0.15, 0.2) is 24.6 Å². The summed E-state index contributed by atoms with van der Waals surface area (Å²) in [6, 6.07) is 0. The zero-order valence-corrected chi connectivity index (χ0v) is 48.4. The van der Waals surface area contributed by atoms with Crippen molar-refractivity contribution < 1.29 is 58.2 Å². The lowest BCUT2D eigenvalue weighted by molar-refractivity contribution is -0.301. The lowest BCUT2D eigenvalue weighted by Crippen LogP contribution is -2.61. The number of carbonyl (C=O) groups excluding carboxylic acids is 3. The van der Waals surface area contributed by atoms with Gasteiger partial charge in [0, 0.05) is 19.3 Å². The number of carboxylic acids is 1. The maximum atomic E-state index is 13.1. The summed E-state index contributed by atoms with van der Waals surface area (Å²) in [5, 5.41) is 31.5. The van der Waals surface area contributed by atoms with E-state index >= 15 is 0 Å². The molecule has 0 saturated carbocycles. The van der Waals surface area contributed by atoms with Gasteiger partial charge in [-0.2, -0.15) is 0 Å². The SMILES string of the molecule is CC/C=C\C/C=C\C/C=C\C/C=C\CCCCCCC(=O)OCC(COC1OC(C(=O)O)C(O)C(O)C1OC(=O)CCCCCCCCCCCCCCCCCCC)OC(=O)CCCCC/C=C\C/C=C\C/C=C\CC. The largest absolute Gasteiger partial charge is 0.479 e. The highest BCUT2D eigenvalue weighted by atomic mass is 16.7. The fraction of sp³-hybridized carbons (Fsp3) is 0.723. The second-order valence-electron chi connectivity index (χ2n) is 20.6. The van der Waals surface area contributed by atoms with Crippen LogP contribution in [0.3, 0.4) is 0 Å². The standard InChI is InChI=1S/C65H108O12/c1-4-7-10-13-16-19-22-25-27-29-31-34-36-39-42-45-48-51-57(66)73-54-56(75-58(67)52-49-46-43-40-37-33-24-21-18-15-12-9-6-3)55-74-65-63(61(70)60(69)62(77-65)64(71)72)76-59(68)53-50-47-44-41-38-35-32-30-28-26-23-20-17-14-11-8-5-2/h7,9-10,12,16,18-19,21,25,27,31,33-34,37,56,60-63,65,69-70H,4-6,8,11,13-15,17,20,22-24,26,28-30,32,35-36,38-55H2,1-3H3,(H,71,72)/b10-7-,12-9-,19-16-,21-18-,27-25-,34-31-,37-33-. The number of esters is 3. The van der Waals surface area contributed by atoms with Gasteiger partial charge in [-0.05, 0) is 89.9 Å². The Bertz CT molecular complexity index is 1660. The summed E-state index contributed by atoms with van der Waals surface area (Å²) in [6.07, 6.45) is 55.5. The van der Waals surface area contributed by atoms with Crippen LogP contribution in [-0.4, -0.2) is 89.2 Å². The van der Waals surface area contributed by atoms with Gasteiger partial charge in [0.1, 0.15) is 18.8 Å². The molecule has 12 nitrogen and oxygen atoms in total. The maximum Gasteiger partial charge on any atom is 0.335 e. The van der Waals surface area contributed by atoms with Gasteiger partial charge in [-0.1, -0.05) is 228 Å². The average molecular weight is 1080 g/mol. The zero-order valence-electron chi connectivity index (χ0n) is 48.4. The van der Waals surface area contributed by atoms with E-state index in [1.54, 1.807) is 0 Å². The lowest BCUT2D eigenvalue weighted by Gasteiger charge is -2.40. The maximum absolute atomic E-state index is 13.1. The lowest BCUT2D eigenvalue weighted by atomic mass is 9.98. The van der Waals surface area contributed by atoms with Crippen molar-refractivity contribution in [2.45, 2.75) is 289 Å². The Balaban J connectivity index is 2.69. The number of aliphatic hydroxyl groups is 2. The molecule has 77 heavy (non-hydrogen) atoms. The Hall–Kier alpha value is -4.10. The molecule has 0 amide bonds. The highest BCUT2D eigenvalue weighted by molar-refractivity contribution is 5.74. The fourth-order valence-corrected chi connectivity index (χ4v) is 8.84. The van der Waals surface area contributed by atoms with Crippen LogP contribution in [0.1, 0.15) is 252 Å². The van der Waals surface area contributed by atoms with Gasteiger partial charge in [0.25, 0.3) is 0 Å². The number of unbranched alkanes of at least 4 members (excludes halogenated alkanes) is 23. The van der Waals surface area contributed by atoms with Crippen molar-refractivity contribution >= 4 is 23.9 Å². The van der Waals surface area contributed by atoms with Crippen LogP contribution in [0, 0.1) is 0 Å². The molecular weight excluding hydrogens is 973 g/mol. The van der Waals surface area contributed by atoms with Crippen molar-refractivity contribution in [1.29, 1.82) is 0 Å². The molecular formula is C65H108O12. The monoisotopic (exact) mass is 1080 g/mol. The molecule has 1 heterocycles. The zero-order chi connectivity index (χ0) is 56.1. The summed E-state index contributed by atoms with van der Waals surface area (Å²) in [4.78, 5) is 51.2. The fourth-order valence-electron chi connectivity index (χ4n) is 8.84. The average Bonchev–Trinajstić information content (AvgIpc) is 3.42. The number of ether oxygens (including phenoxy) is 5. The minimum absolute atomic E-state index is 0.0549. The van der Waals surface area contributed by atoms with Gasteiger partial charge in [0.2, 0.25) is 0 Å². The van der Waals surface area contributed by atoms with Crippen molar-refractivity contribution in [2.24, 2.45) is 0 Å². The van der Waals surface area contributed by atoms with Gasteiger partial charge < -0.3 is 39.0 Å². The summed E-state index contributed by atoms with van der Waals surface area (Å²) in [6.45, 7) is 5.73. The number of carbonyl (C=O) groups is 4. The van der Waals surface area contributed by atoms with Crippen LogP contribution in [0.4, 0.5) is 0 Å². The van der Waals surface area contributed by atoms with E-state index in [-0.39, 0.29) is 25.9 Å². The molecule has 440 valence electrons. The third-order valence-electron chi connectivity index (χ3n) is 13.5. The molecule has 0 aromatic heterocycles. The molecule has 0 aliphatic carbocycles. The van der Waals surface area contributed by atoms with Gasteiger partial charge in [-0.15, -0.1) is 0 Å². The number of allylic oxidation sites excluding steroid dienone is 14. The first kappa shape index (κ1) is 70.9. The van der Waals surface area contributed by atoms with Crippen LogP contribution in [0.15, 0.2) is 85.1 Å². The van der Waals surface area contributed by atoms with Crippen LogP contribution in [0.2, 0.25) is 0 Å². The second kappa shape index (κ2) is 52.6. The van der Waals surface area contributed by atoms with Crippen LogP contribution in [0.5, 0.6) is 0 Å². The number of rotatable bonds is 51. The van der Waals surface area contributed by atoms with Gasteiger partial charge in [0.05, 0.1) is 6.61 Å². The molecule has 1 saturated heterocycles. The minimum Gasteiger partial charge on any atom is -0.479 e. The first-order valence-electron chi connectivity index (χ1n) is 30.6. The molecule has 0 spiro atoms. The summed E-state index contributed by atoms with van der Waals surface area (Å²) in [5.74, 6) is -3.19. The van der Waals surface area contributed by atoms with E-state index in [0.717, 1.165) is 116 Å². The summed E-state index contributed by atoms with van der Waals surface area (Å²) < 4.78 is 28.4. The minimum atomic E-state index is -1.91. The van der Waals surface area contributed by atoms with Crippen molar-refractivity contribution in [3.63, 3.8) is 0 Å². The Morgan fingerprint density at radius 3 is 1.26 bits per heavy atom. The van der Waals surface area contributed by atoms with E-state index in [9.17, 15) is 34.5 Å². The van der Waals surface area contributed by atoms with E-state index in [1.165, 1.54) is 77.0 Å². The molecule has 0 radical (unpaired) electrons. The van der Waals surface area contributed by atoms with E-state index < -0.39 is 67.3 Å². The number of aliphatic carboxylic acids is 1. The number of carboxylic acid groups (broad SMARTS) is 1. The van der Waals surface area contributed by atoms with Crippen molar-refractivity contribution in [3.8, 4) is 0 Å². The van der Waals surface area contributed by atoms with Gasteiger partial charge in [-0.3, -0.25) is 14.4 Å². The topological polar surface area (TPSA) is 175 Å². The Morgan fingerprint density at radius 1 is 0.442 bits per heavy atom. The molecule has 1 aliphatic heterocycles. The van der Waals surface area contributed by atoms with Crippen LogP contribution in [0.25, 0.3) is 0 Å². The van der Waals surface area contributed by atoms with Crippen molar-refractivity contribution in [2.75, 3.05) is 13.2 Å². The van der Waals surface area contributed by atoms with E-state index in [2.05, 4.69) is 106 Å². The van der Waals surface area contributed by atoms with E-state index in [0.29, 0.717) is 19.3 Å². The quantitative estimate of drug-likeness (QED) is 0.0228. The first-order chi connectivity index (χ1) is 37.6. The van der Waals surface area contributed by atoms with E-state index in [1.807, 2.05) is 0 Å². The number of aliphatic hydroxyl groups excluding tert-OH is 2. The second-order valence-corrected chi connectivity index (χ2v) is 20.6. The molecule has 1 rings (SSSR count). The van der Waals surface area contributed by atoms with Crippen molar-refractivity contribution in [1.82, 2.24) is 0 Å². The predicted octanol–water partition coefficient (Wildman–Crippen LogP) is 15.9. The van der Waals surface area contributed by atoms with Gasteiger partial charge >= 0.3 is 23.9 Å². The number of hydrogen-bond acceptors (Lipinski definition) is 11. The third-order valence-corrected chi connectivity index (χ3v) is 13.5. The Morgan fingerprint density at radius 2 is 0.818 bits per heavy atom. The Labute approximate surface area is 467 Å². The summed E-state index contributed by atoms with van der Waals surface area (Å²) >= 11 is 0. The highest BCUT2D eigenvalue weighted by Gasteiger charge is 2.50. The van der Waals surface area contributed by atoms with Crippen LogP contribution in [-0.2, 0) is 42.9 Å². The summed E-state index contributed by atoms with van der Waals surface area (Å²) in [7, 11) is 0. The molecule has 0 aromatic carbocycles. The normalized spacial score (nSPS) is 18.6. The molecule has 12 heteroatoms. The predicted molar refractivity (Wildman–Crippen MR) is 312 cm³/mol. The molecule has 1 aliphatic rings. The smallest absolute Gasteiger partial charge is 0.335 e. The van der Waals surface area contributed by atoms with Crippen molar-refractivity contribution in [3.05, 3.63) is 85.1 Å². The van der Waals surface area contributed by atoms with Crippen LogP contribution >= 0.6 is 0 Å². The summed E-state index contributed by atoms with van der Waals surface area (Å²) in [5.41, 5.74) is 0. The molecule has 1 fully saturated rings. The highest BCUT2D eigenvalue weighted by Crippen LogP contribution is 2.26.